The molecular formula is C21H25Cl2N3O4. The summed E-state index contributed by atoms with van der Waals surface area (Å²) >= 11 is 11.9. The first-order valence-electron chi connectivity index (χ1n) is 9.92. The smallest absolute Gasteiger partial charge is 0.410 e. The Morgan fingerprint density at radius 1 is 1.20 bits per heavy atom. The quantitative estimate of drug-likeness (QED) is 0.716. The molecule has 1 N–H and O–H groups in total. The molecule has 0 atom stereocenters. The van der Waals surface area contributed by atoms with Crippen LogP contribution in [0, 0.1) is 5.92 Å². The number of benzene rings is 1. The van der Waals surface area contributed by atoms with Crippen LogP contribution in [0.25, 0.3) is 0 Å². The number of ether oxygens (including phenoxy) is 1. The molecule has 2 heterocycles. The van der Waals surface area contributed by atoms with Crippen LogP contribution in [-0.2, 0) is 20.9 Å². The minimum absolute atomic E-state index is 0.115. The molecule has 0 spiro atoms. The Bertz CT molecular complexity index is 830. The molecule has 0 unspecified atom stereocenters. The van der Waals surface area contributed by atoms with E-state index in [4.69, 9.17) is 27.9 Å². The van der Waals surface area contributed by atoms with E-state index in [1.54, 1.807) is 35.0 Å². The number of amides is 3. The van der Waals surface area contributed by atoms with Crippen LogP contribution >= 0.6 is 23.2 Å². The van der Waals surface area contributed by atoms with Crippen LogP contribution in [0.2, 0.25) is 10.0 Å². The standard InChI is InChI=1S/C21H25Cl2N3O4/c1-25(20(28)16-10-19(27)24-12-16)5-2-14-3-6-26(7-4-14)21(29)30-13-15-8-17(22)11-18(23)9-15/h8-11,14H,2-7,12-13H2,1H3,(H,24,27). The maximum absolute atomic E-state index is 12.3. The average Bonchev–Trinajstić information content (AvgIpc) is 3.15. The summed E-state index contributed by atoms with van der Waals surface area (Å²) in [5.41, 5.74) is 1.25. The van der Waals surface area contributed by atoms with Crippen LogP contribution < -0.4 is 5.32 Å². The summed E-state index contributed by atoms with van der Waals surface area (Å²) in [7, 11) is 1.75. The van der Waals surface area contributed by atoms with Gasteiger partial charge in [-0.2, -0.15) is 0 Å². The van der Waals surface area contributed by atoms with Gasteiger partial charge in [-0.3, -0.25) is 9.59 Å². The molecule has 7 nitrogen and oxygen atoms in total. The van der Waals surface area contributed by atoms with E-state index in [9.17, 15) is 14.4 Å². The van der Waals surface area contributed by atoms with E-state index in [1.165, 1.54) is 6.08 Å². The third-order valence-electron chi connectivity index (χ3n) is 5.41. The van der Waals surface area contributed by atoms with Gasteiger partial charge in [0.25, 0.3) is 5.91 Å². The number of halogens is 2. The predicted molar refractivity (Wildman–Crippen MR) is 114 cm³/mol. The van der Waals surface area contributed by atoms with Crippen molar-refractivity contribution in [3.05, 3.63) is 45.5 Å². The Hall–Kier alpha value is -2.25. The van der Waals surface area contributed by atoms with Gasteiger partial charge in [-0.15, -0.1) is 0 Å². The fraction of sp³-hybridized carbons (Fsp3) is 0.476. The molecule has 2 aliphatic rings. The fourth-order valence-corrected chi connectivity index (χ4v) is 4.21. The zero-order valence-corrected chi connectivity index (χ0v) is 18.3. The van der Waals surface area contributed by atoms with Gasteiger partial charge >= 0.3 is 6.09 Å². The second kappa shape index (κ2) is 10.2. The van der Waals surface area contributed by atoms with Gasteiger partial charge in [0.1, 0.15) is 6.61 Å². The number of nitrogens with zero attached hydrogens (tertiary/aromatic N) is 2. The maximum Gasteiger partial charge on any atom is 0.410 e. The molecular weight excluding hydrogens is 429 g/mol. The highest BCUT2D eigenvalue weighted by Crippen LogP contribution is 2.23. The fourth-order valence-electron chi connectivity index (χ4n) is 3.64. The molecule has 2 aliphatic heterocycles. The van der Waals surface area contributed by atoms with Gasteiger partial charge in [-0.1, -0.05) is 23.2 Å². The summed E-state index contributed by atoms with van der Waals surface area (Å²) in [4.78, 5) is 39.2. The number of carbonyl (C=O) groups excluding carboxylic acids is 3. The lowest BCUT2D eigenvalue weighted by atomic mass is 9.93. The average molecular weight is 454 g/mol. The summed E-state index contributed by atoms with van der Waals surface area (Å²) in [6, 6.07) is 5.07. The number of hydrogen-bond acceptors (Lipinski definition) is 4. The van der Waals surface area contributed by atoms with Crippen LogP contribution in [0.3, 0.4) is 0 Å². The lowest BCUT2D eigenvalue weighted by molar-refractivity contribution is -0.126. The highest BCUT2D eigenvalue weighted by atomic mass is 35.5. The van der Waals surface area contributed by atoms with Crippen molar-refractivity contribution in [2.75, 3.05) is 33.2 Å². The third kappa shape index (κ3) is 6.12. The van der Waals surface area contributed by atoms with Crippen molar-refractivity contribution >= 4 is 41.1 Å². The van der Waals surface area contributed by atoms with E-state index in [0.717, 1.165) is 24.8 Å². The molecule has 0 bridgehead atoms. The Morgan fingerprint density at radius 3 is 2.47 bits per heavy atom. The summed E-state index contributed by atoms with van der Waals surface area (Å²) in [6.45, 7) is 2.29. The van der Waals surface area contributed by atoms with E-state index in [2.05, 4.69) is 5.32 Å². The minimum atomic E-state index is -0.345. The number of piperidine rings is 1. The third-order valence-corrected chi connectivity index (χ3v) is 5.85. The van der Waals surface area contributed by atoms with Crippen molar-refractivity contribution < 1.29 is 19.1 Å². The summed E-state index contributed by atoms with van der Waals surface area (Å²) in [6.07, 6.45) is 3.61. The Kier molecular flexibility index (Phi) is 7.61. The van der Waals surface area contributed by atoms with Gasteiger partial charge in [0.05, 0.1) is 0 Å². The number of hydrogen-bond donors (Lipinski definition) is 1. The molecule has 3 rings (SSSR count). The number of carbonyl (C=O) groups is 3. The first-order chi connectivity index (χ1) is 14.3. The lowest BCUT2D eigenvalue weighted by Gasteiger charge is -2.32. The molecule has 1 aromatic rings. The van der Waals surface area contributed by atoms with Gasteiger partial charge in [0, 0.05) is 54.9 Å². The first-order valence-corrected chi connectivity index (χ1v) is 10.7. The minimum Gasteiger partial charge on any atom is -0.445 e. The highest BCUT2D eigenvalue weighted by Gasteiger charge is 2.25. The molecule has 1 saturated heterocycles. The van der Waals surface area contributed by atoms with E-state index in [0.29, 0.717) is 47.7 Å². The number of likely N-dealkylation sites (N-methyl/N-ethyl adjacent to an activating group) is 1. The topological polar surface area (TPSA) is 79.0 Å². The first kappa shape index (κ1) is 22.4. The molecule has 162 valence electrons. The SMILES string of the molecule is CN(CCC1CCN(C(=O)OCc2cc(Cl)cc(Cl)c2)CC1)C(=O)C1=CC(=O)NC1. The normalized spacial score (nSPS) is 16.8. The summed E-state index contributed by atoms with van der Waals surface area (Å²) in [5.74, 6) is 0.105. The number of rotatable bonds is 6. The van der Waals surface area contributed by atoms with Crippen molar-refractivity contribution in [2.45, 2.75) is 25.9 Å². The molecule has 0 aliphatic carbocycles. The van der Waals surface area contributed by atoms with E-state index >= 15 is 0 Å². The van der Waals surface area contributed by atoms with Crippen LogP contribution in [-0.4, -0.2) is 60.9 Å². The van der Waals surface area contributed by atoms with Crippen molar-refractivity contribution in [3.63, 3.8) is 0 Å². The molecule has 1 fully saturated rings. The van der Waals surface area contributed by atoms with E-state index < -0.39 is 0 Å². The molecule has 1 aromatic carbocycles. The van der Waals surface area contributed by atoms with Crippen molar-refractivity contribution in [3.8, 4) is 0 Å². The molecule has 0 aromatic heterocycles. The van der Waals surface area contributed by atoms with Crippen LogP contribution in [0.15, 0.2) is 29.8 Å². The monoisotopic (exact) mass is 453 g/mol. The van der Waals surface area contributed by atoms with Gasteiger partial charge in [0.15, 0.2) is 0 Å². The van der Waals surface area contributed by atoms with Gasteiger partial charge in [-0.05, 0) is 48.9 Å². The summed E-state index contributed by atoms with van der Waals surface area (Å²) in [5, 5.41) is 3.62. The van der Waals surface area contributed by atoms with Crippen molar-refractivity contribution in [1.29, 1.82) is 0 Å². The highest BCUT2D eigenvalue weighted by molar-refractivity contribution is 6.34. The van der Waals surface area contributed by atoms with E-state index in [1.807, 2.05) is 0 Å². The number of nitrogens with one attached hydrogen (secondary N) is 1. The zero-order valence-electron chi connectivity index (χ0n) is 16.8. The molecule has 30 heavy (non-hydrogen) atoms. The van der Waals surface area contributed by atoms with Crippen molar-refractivity contribution in [1.82, 2.24) is 15.1 Å². The van der Waals surface area contributed by atoms with Crippen LogP contribution in [0.5, 0.6) is 0 Å². The van der Waals surface area contributed by atoms with Gasteiger partial charge in [0.2, 0.25) is 5.91 Å². The van der Waals surface area contributed by atoms with Gasteiger partial charge < -0.3 is 19.9 Å². The van der Waals surface area contributed by atoms with E-state index in [-0.39, 0.29) is 24.5 Å². The maximum atomic E-state index is 12.3. The van der Waals surface area contributed by atoms with Crippen LogP contribution in [0.1, 0.15) is 24.8 Å². The number of likely N-dealkylation sites (tertiary alicyclic amines) is 1. The molecule has 0 radical (unpaired) electrons. The van der Waals surface area contributed by atoms with Gasteiger partial charge in [-0.25, -0.2) is 4.79 Å². The second-order valence-electron chi connectivity index (χ2n) is 7.67. The zero-order chi connectivity index (χ0) is 21.7. The largest absolute Gasteiger partial charge is 0.445 e. The van der Waals surface area contributed by atoms with Crippen molar-refractivity contribution in [2.24, 2.45) is 5.92 Å². The Morgan fingerprint density at radius 2 is 1.87 bits per heavy atom. The Balaban J connectivity index is 1.38. The molecule has 0 saturated carbocycles. The second-order valence-corrected chi connectivity index (χ2v) is 8.54. The lowest BCUT2D eigenvalue weighted by Crippen LogP contribution is -2.39. The van der Waals surface area contributed by atoms with Crippen LogP contribution in [0.4, 0.5) is 4.79 Å². The Labute approximate surface area is 185 Å². The molecule has 9 heteroatoms. The summed E-state index contributed by atoms with van der Waals surface area (Å²) < 4.78 is 5.39. The molecule has 3 amide bonds. The predicted octanol–water partition coefficient (Wildman–Crippen LogP) is 3.25.